The van der Waals surface area contributed by atoms with E-state index in [-0.39, 0.29) is 40.6 Å². The highest BCUT2D eigenvalue weighted by Crippen LogP contribution is 2.41. The van der Waals surface area contributed by atoms with E-state index in [4.69, 9.17) is 9.47 Å². The van der Waals surface area contributed by atoms with Gasteiger partial charge in [0.1, 0.15) is 35.1 Å². The molecule has 0 unspecified atom stereocenters. The van der Waals surface area contributed by atoms with Crippen molar-refractivity contribution in [1.29, 1.82) is 10.5 Å². The molecule has 0 saturated heterocycles. The molecule has 4 aromatic rings. The molecule has 6 nitrogen and oxygen atoms in total. The van der Waals surface area contributed by atoms with Gasteiger partial charge in [-0.1, -0.05) is 139 Å². The number of aryl methyl sites for hydroxylation is 1. The Kier molecular flexibility index (Phi) is 12.8. The minimum Gasteiger partial charge on any atom is -0.507 e. The molecule has 2 N–H and O–H groups in total. The fraction of sp³-hybridized carbons (Fsp3) is 0.469. The maximum atomic E-state index is 12.2. The molecule has 0 radical (unpaired) electrons. The van der Waals surface area contributed by atoms with Gasteiger partial charge in [0.05, 0.1) is 0 Å². The number of nitriles is 2. The van der Waals surface area contributed by atoms with Gasteiger partial charge in [-0.15, -0.1) is 0 Å². The van der Waals surface area contributed by atoms with Crippen LogP contribution in [0.25, 0.3) is 0 Å². The van der Waals surface area contributed by atoms with Gasteiger partial charge in [0.2, 0.25) is 0 Å². The molecule has 4 aromatic carbocycles. The summed E-state index contributed by atoms with van der Waals surface area (Å²) in [4.78, 5) is 0. The summed E-state index contributed by atoms with van der Waals surface area (Å²) in [6.07, 6.45) is 1.87. The van der Waals surface area contributed by atoms with Crippen molar-refractivity contribution in [2.24, 2.45) is 0 Å². The minimum atomic E-state index is -0.226. The van der Waals surface area contributed by atoms with Crippen molar-refractivity contribution in [2.45, 2.75) is 137 Å². The Morgan fingerprint density at radius 2 is 0.818 bits per heavy atom. The summed E-state index contributed by atoms with van der Waals surface area (Å²) < 4.78 is 12.2. The van der Waals surface area contributed by atoms with Crippen LogP contribution in [0.15, 0.2) is 54.6 Å². The smallest absolute Gasteiger partial charge is 0.174 e. The average Bonchev–Trinajstić information content (AvgIpc) is 3.07. The van der Waals surface area contributed by atoms with Gasteiger partial charge in [0.15, 0.2) is 13.2 Å². The Balaban J connectivity index is 1.96. The summed E-state index contributed by atoms with van der Waals surface area (Å²) in [5.74, 6) is 1.70. The summed E-state index contributed by atoms with van der Waals surface area (Å²) in [5.41, 5.74) is 9.64. The molecular formula is C49H62N2O4. The van der Waals surface area contributed by atoms with E-state index < -0.39 is 0 Å². The van der Waals surface area contributed by atoms with Crippen LogP contribution in [-0.4, -0.2) is 23.4 Å². The summed E-state index contributed by atoms with van der Waals surface area (Å²) in [6, 6.07) is 23.0. The zero-order chi connectivity index (χ0) is 41.1. The molecule has 6 heteroatoms. The highest BCUT2D eigenvalue weighted by Gasteiger charge is 2.26. The van der Waals surface area contributed by atoms with Gasteiger partial charge < -0.3 is 19.7 Å². The van der Waals surface area contributed by atoms with Crippen molar-refractivity contribution in [3.8, 4) is 35.1 Å². The Morgan fingerprint density at radius 3 is 1.22 bits per heavy atom. The number of hydrogen-bond donors (Lipinski definition) is 2. The van der Waals surface area contributed by atoms with E-state index in [2.05, 4.69) is 145 Å². The van der Waals surface area contributed by atoms with Crippen molar-refractivity contribution in [2.75, 3.05) is 13.2 Å². The maximum Gasteiger partial charge on any atom is 0.174 e. The van der Waals surface area contributed by atoms with E-state index in [0.29, 0.717) is 42.9 Å². The predicted octanol–water partition coefficient (Wildman–Crippen LogP) is 11.4. The van der Waals surface area contributed by atoms with Crippen LogP contribution < -0.4 is 9.47 Å². The largest absolute Gasteiger partial charge is 0.507 e. The molecule has 292 valence electrons. The maximum absolute atomic E-state index is 12.2. The van der Waals surface area contributed by atoms with Crippen molar-refractivity contribution in [3.05, 3.63) is 116 Å². The first-order valence-corrected chi connectivity index (χ1v) is 19.5. The van der Waals surface area contributed by atoms with Crippen LogP contribution >= 0.6 is 0 Å². The third kappa shape index (κ3) is 10.4. The van der Waals surface area contributed by atoms with Gasteiger partial charge >= 0.3 is 0 Å². The van der Waals surface area contributed by atoms with Crippen LogP contribution in [-0.2, 0) is 47.3 Å². The topological polar surface area (TPSA) is 107 Å². The molecule has 55 heavy (non-hydrogen) atoms. The lowest BCUT2D eigenvalue weighted by atomic mass is 9.80. The minimum absolute atomic E-state index is 0.0723. The molecule has 0 spiro atoms. The lowest BCUT2D eigenvalue weighted by molar-refractivity contribution is 0.360. The van der Waals surface area contributed by atoms with Crippen molar-refractivity contribution in [1.82, 2.24) is 0 Å². The first-order valence-electron chi connectivity index (χ1n) is 19.5. The van der Waals surface area contributed by atoms with Crippen molar-refractivity contribution < 1.29 is 19.7 Å². The molecule has 0 amide bonds. The fourth-order valence-corrected chi connectivity index (χ4v) is 6.85. The first-order chi connectivity index (χ1) is 25.5. The Morgan fingerprint density at radius 1 is 0.473 bits per heavy atom. The van der Waals surface area contributed by atoms with Crippen LogP contribution in [0, 0.1) is 22.7 Å². The number of phenolic OH excluding ortho intramolecular Hbond substituents is 2. The van der Waals surface area contributed by atoms with E-state index in [0.717, 1.165) is 61.2 Å². The number of ether oxygens (including phenoxy) is 2. The molecule has 0 aliphatic rings. The SMILES string of the molecule is CCc1cc(C(C)(C)C)cc(Cc2cc(C(C)(C)C)cc(Cc3cc(C(C)(C)C)cc(Cc4cc(C(C)(C)C)ccc4OCC#N)c3O)c2OCC#N)c1O. The molecule has 0 bridgehead atoms. The highest BCUT2D eigenvalue weighted by molar-refractivity contribution is 5.57. The molecule has 0 atom stereocenters. The normalized spacial score (nSPS) is 12.3. The Labute approximate surface area is 330 Å². The molecular weight excluding hydrogens is 681 g/mol. The summed E-state index contributed by atoms with van der Waals surface area (Å²) >= 11 is 0. The second kappa shape index (κ2) is 16.4. The van der Waals surface area contributed by atoms with Gasteiger partial charge in [0.25, 0.3) is 0 Å². The Hall–Kier alpha value is -4.94. The first kappa shape index (κ1) is 42.8. The predicted molar refractivity (Wildman–Crippen MR) is 224 cm³/mol. The van der Waals surface area contributed by atoms with Crippen LogP contribution in [0.2, 0.25) is 0 Å². The lowest BCUT2D eigenvalue weighted by Gasteiger charge is -2.26. The van der Waals surface area contributed by atoms with E-state index in [1.807, 2.05) is 12.1 Å². The highest BCUT2D eigenvalue weighted by atomic mass is 16.5. The molecule has 0 aliphatic heterocycles. The number of aromatic hydroxyl groups is 2. The second-order valence-corrected chi connectivity index (χ2v) is 19.0. The molecule has 0 aromatic heterocycles. The van der Waals surface area contributed by atoms with E-state index in [9.17, 15) is 20.7 Å². The molecule has 0 heterocycles. The standard InChI is InChI=1S/C49H62N2O4/c1-14-31-24-39(47(5,6)7)27-34(43(31)52)22-36-29-41(49(11,12)13)30-37(45(36)55-20-18-51)23-35-28-40(48(8,9)10)26-33(44(35)53)21-32-25-38(46(2,3)4)15-16-42(32)54-19-17-50/h15-16,24-30,52-53H,14,19-23H2,1-13H3. The van der Waals surface area contributed by atoms with Crippen LogP contribution in [0.5, 0.6) is 23.0 Å². The van der Waals surface area contributed by atoms with E-state index in [1.54, 1.807) is 0 Å². The summed E-state index contributed by atoms with van der Waals surface area (Å²) in [6.45, 7) is 27.9. The molecule has 0 saturated carbocycles. The third-order valence-electron chi connectivity index (χ3n) is 10.4. The fourth-order valence-electron chi connectivity index (χ4n) is 6.85. The van der Waals surface area contributed by atoms with Crippen LogP contribution in [0.3, 0.4) is 0 Å². The van der Waals surface area contributed by atoms with E-state index >= 15 is 0 Å². The Bertz CT molecular complexity index is 2100. The van der Waals surface area contributed by atoms with E-state index in [1.165, 1.54) is 0 Å². The number of rotatable bonds is 11. The number of nitrogens with zero attached hydrogens (tertiary/aromatic N) is 2. The number of hydrogen-bond acceptors (Lipinski definition) is 6. The van der Waals surface area contributed by atoms with Crippen LogP contribution in [0.4, 0.5) is 0 Å². The molecule has 0 fully saturated rings. The second-order valence-electron chi connectivity index (χ2n) is 19.0. The lowest BCUT2D eigenvalue weighted by Crippen LogP contribution is -2.15. The van der Waals surface area contributed by atoms with Crippen molar-refractivity contribution >= 4 is 0 Å². The zero-order valence-corrected chi connectivity index (χ0v) is 35.5. The molecule has 0 aliphatic carbocycles. The van der Waals surface area contributed by atoms with Crippen molar-refractivity contribution in [3.63, 3.8) is 0 Å². The van der Waals surface area contributed by atoms with Gasteiger partial charge in [-0.2, -0.15) is 10.5 Å². The molecule has 4 rings (SSSR count). The van der Waals surface area contributed by atoms with Gasteiger partial charge in [-0.25, -0.2) is 0 Å². The van der Waals surface area contributed by atoms with Crippen LogP contribution in [0.1, 0.15) is 151 Å². The average molecular weight is 743 g/mol. The summed E-state index contributed by atoms with van der Waals surface area (Å²) in [7, 11) is 0. The summed E-state index contributed by atoms with van der Waals surface area (Å²) in [5, 5.41) is 42.7. The van der Waals surface area contributed by atoms with Gasteiger partial charge in [-0.3, -0.25) is 0 Å². The quantitative estimate of drug-likeness (QED) is 0.158. The monoisotopic (exact) mass is 742 g/mol. The third-order valence-corrected chi connectivity index (χ3v) is 10.4. The number of phenols is 2. The van der Waals surface area contributed by atoms with Gasteiger partial charge in [-0.05, 0) is 95.3 Å². The number of benzene rings is 4. The zero-order valence-electron chi connectivity index (χ0n) is 35.5. The van der Waals surface area contributed by atoms with Gasteiger partial charge in [0, 0.05) is 19.3 Å².